The number of aromatic nitrogens is 2. The van der Waals surface area contributed by atoms with Crippen molar-refractivity contribution < 1.29 is 27.9 Å². The quantitative estimate of drug-likeness (QED) is 0.653. The van der Waals surface area contributed by atoms with Crippen molar-refractivity contribution >= 4 is 23.4 Å². The van der Waals surface area contributed by atoms with Crippen molar-refractivity contribution in [3.05, 3.63) is 47.4 Å². The van der Waals surface area contributed by atoms with Crippen LogP contribution in [0.4, 0.5) is 24.7 Å². The predicted molar refractivity (Wildman–Crippen MR) is 84.3 cm³/mol. The summed E-state index contributed by atoms with van der Waals surface area (Å²) in [5.74, 6) is -2.07. The summed E-state index contributed by atoms with van der Waals surface area (Å²) in [6.45, 7) is 0. The van der Waals surface area contributed by atoms with Crippen LogP contribution in [0, 0.1) is 0 Å². The van der Waals surface area contributed by atoms with Crippen molar-refractivity contribution in [2.45, 2.75) is 24.4 Å². The molecule has 1 spiro atoms. The number of carbonyl (C=O) groups is 2. The molecule has 3 heterocycles. The summed E-state index contributed by atoms with van der Waals surface area (Å²) in [7, 11) is 0. The summed E-state index contributed by atoms with van der Waals surface area (Å²) >= 11 is 0. The van der Waals surface area contributed by atoms with Crippen LogP contribution in [0.3, 0.4) is 0 Å². The minimum Gasteiger partial charge on any atom is -0.475 e. The predicted octanol–water partition coefficient (Wildman–Crippen LogP) is 1.68. The minimum absolute atomic E-state index is 0.0118. The maximum Gasteiger partial charge on any atom is 0.490 e. The molecule has 26 heavy (non-hydrogen) atoms. The van der Waals surface area contributed by atoms with Crippen LogP contribution in [0.25, 0.3) is 0 Å². The normalized spacial score (nSPS) is 20.0. The van der Waals surface area contributed by atoms with Gasteiger partial charge in [-0.2, -0.15) is 13.2 Å². The standard InChI is InChI=1S/C14H12N4O.C2HF3O2/c15-9-4-8-5-14(6-11(8)17-7-9)10-2-1-3-16-12(10)18-13(14)19;3-2(4,5)1(6)7/h1-4,7H,5-6,15H2,(H,16,18,19);(H,6,7). The van der Waals surface area contributed by atoms with Crippen LogP contribution in [0.2, 0.25) is 0 Å². The summed E-state index contributed by atoms with van der Waals surface area (Å²) in [6, 6.07) is 5.75. The van der Waals surface area contributed by atoms with Crippen LogP contribution < -0.4 is 11.1 Å². The van der Waals surface area contributed by atoms with Crippen molar-refractivity contribution in [2.24, 2.45) is 0 Å². The van der Waals surface area contributed by atoms with Crippen molar-refractivity contribution in [1.82, 2.24) is 9.97 Å². The van der Waals surface area contributed by atoms with E-state index in [9.17, 15) is 18.0 Å². The number of anilines is 2. The smallest absolute Gasteiger partial charge is 0.475 e. The Morgan fingerprint density at radius 1 is 1.31 bits per heavy atom. The van der Waals surface area contributed by atoms with Gasteiger partial charge < -0.3 is 16.2 Å². The van der Waals surface area contributed by atoms with Gasteiger partial charge in [0.1, 0.15) is 5.82 Å². The number of alkyl halides is 3. The number of carboxylic acids is 1. The molecule has 4 rings (SSSR count). The third-order valence-electron chi connectivity index (χ3n) is 4.27. The molecule has 1 unspecified atom stereocenters. The zero-order chi connectivity index (χ0) is 19.1. The molecular weight excluding hydrogens is 353 g/mol. The summed E-state index contributed by atoms with van der Waals surface area (Å²) in [4.78, 5) is 29.9. The lowest BCUT2D eigenvalue weighted by Crippen LogP contribution is -2.35. The Hall–Kier alpha value is -3.17. The molecule has 0 bridgehead atoms. The van der Waals surface area contributed by atoms with E-state index in [0.29, 0.717) is 24.3 Å². The number of rotatable bonds is 0. The molecular formula is C16H13F3N4O3. The molecule has 0 fully saturated rings. The fourth-order valence-electron chi connectivity index (χ4n) is 3.13. The van der Waals surface area contributed by atoms with E-state index >= 15 is 0 Å². The number of fused-ring (bicyclic) bond motifs is 3. The van der Waals surface area contributed by atoms with Crippen LogP contribution in [-0.4, -0.2) is 33.1 Å². The van der Waals surface area contributed by atoms with Gasteiger partial charge in [-0.1, -0.05) is 6.07 Å². The van der Waals surface area contributed by atoms with Crippen LogP contribution in [0.5, 0.6) is 0 Å². The second-order valence-corrected chi connectivity index (χ2v) is 5.97. The van der Waals surface area contributed by atoms with Crippen molar-refractivity contribution in [3.63, 3.8) is 0 Å². The van der Waals surface area contributed by atoms with Gasteiger partial charge in [-0.25, -0.2) is 9.78 Å². The zero-order valence-corrected chi connectivity index (χ0v) is 13.2. The van der Waals surface area contributed by atoms with E-state index in [4.69, 9.17) is 15.6 Å². The fraction of sp³-hybridized carbons (Fsp3) is 0.250. The van der Waals surface area contributed by atoms with Crippen LogP contribution in [0.1, 0.15) is 16.8 Å². The Balaban J connectivity index is 0.000000242. The third-order valence-corrected chi connectivity index (χ3v) is 4.27. The number of nitrogens with zero attached hydrogens (tertiary/aromatic N) is 2. The number of pyridine rings is 2. The van der Waals surface area contributed by atoms with Gasteiger partial charge in [0, 0.05) is 23.9 Å². The van der Waals surface area contributed by atoms with E-state index < -0.39 is 17.6 Å². The lowest BCUT2D eigenvalue weighted by molar-refractivity contribution is -0.192. The fourth-order valence-corrected chi connectivity index (χ4v) is 3.13. The number of amides is 1. The van der Waals surface area contributed by atoms with E-state index in [1.807, 2.05) is 18.2 Å². The molecule has 1 aliphatic heterocycles. The number of nitrogens with two attached hydrogens (primary N) is 1. The second kappa shape index (κ2) is 5.97. The van der Waals surface area contributed by atoms with Gasteiger partial charge >= 0.3 is 12.1 Å². The van der Waals surface area contributed by atoms with Gasteiger partial charge in [0.15, 0.2) is 0 Å². The van der Waals surface area contributed by atoms with E-state index in [2.05, 4.69) is 15.3 Å². The number of hydrogen-bond acceptors (Lipinski definition) is 5. The molecule has 2 aromatic rings. The Morgan fingerprint density at radius 2 is 2.00 bits per heavy atom. The van der Waals surface area contributed by atoms with Gasteiger partial charge in [-0.15, -0.1) is 0 Å². The monoisotopic (exact) mass is 366 g/mol. The van der Waals surface area contributed by atoms with Crippen LogP contribution >= 0.6 is 0 Å². The van der Waals surface area contributed by atoms with Crippen molar-refractivity contribution in [3.8, 4) is 0 Å². The average molecular weight is 366 g/mol. The lowest BCUT2D eigenvalue weighted by Gasteiger charge is -2.19. The maximum atomic E-state index is 12.4. The van der Waals surface area contributed by atoms with Gasteiger partial charge in [0.25, 0.3) is 0 Å². The molecule has 7 nitrogen and oxygen atoms in total. The van der Waals surface area contributed by atoms with Gasteiger partial charge in [-0.3, -0.25) is 9.78 Å². The summed E-state index contributed by atoms with van der Waals surface area (Å²) in [5.41, 5.74) is 8.85. The molecule has 0 saturated carbocycles. The van der Waals surface area contributed by atoms with E-state index in [1.165, 1.54) is 0 Å². The molecule has 1 atom stereocenters. The lowest BCUT2D eigenvalue weighted by atomic mass is 9.80. The number of aliphatic carboxylic acids is 1. The van der Waals surface area contributed by atoms with E-state index in [-0.39, 0.29) is 5.91 Å². The number of nitrogen functional groups attached to an aromatic ring is 1. The first-order chi connectivity index (χ1) is 12.1. The molecule has 2 aliphatic rings. The zero-order valence-electron chi connectivity index (χ0n) is 13.2. The highest BCUT2D eigenvalue weighted by molar-refractivity contribution is 6.06. The molecule has 0 saturated heterocycles. The summed E-state index contributed by atoms with van der Waals surface area (Å²) in [6.07, 6.45) is -0.483. The van der Waals surface area contributed by atoms with Crippen molar-refractivity contribution in [2.75, 3.05) is 11.1 Å². The minimum atomic E-state index is -5.08. The Labute approximate surface area is 145 Å². The first-order valence-electron chi connectivity index (χ1n) is 7.44. The average Bonchev–Trinajstić information content (AvgIpc) is 3.06. The van der Waals surface area contributed by atoms with Crippen LogP contribution in [-0.2, 0) is 27.8 Å². The number of carboxylic acid groups (broad SMARTS) is 1. The molecule has 0 aromatic carbocycles. The first-order valence-corrected chi connectivity index (χ1v) is 7.44. The molecule has 136 valence electrons. The van der Waals surface area contributed by atoms with Gasteiger partial charge in [-0.05, 0) is 24.1 Å². The van der Waals surface area contributed by atoms with Gasteiger partial charge in [0.2, 0.25) is 5.91 Å². The molecule has 1 amide bonds. The molecule has 4 N–H and O–H groups in total. The maximum absolute atomic E-state index is 12.4. The summed E-state index contributed by atoms with van der Waals surface area (Å²) in [5, 5.41) is 10.00. The Bertz CT molecular complexity index is 901. The van der Waals surface area contributed by atoms with E-state index in [1.54, 1.807) is 12.4 Å². The van der Waals surface area contributed by atoms with Crippen LogP contribution in [0.15, 0.2) is 30.6 Å². The molecule has 0 radical (unpaired) electrons. The topological polar surface area (TPSA) is 118 Å². The molecule has 10 heteroatoms. The highest BCUT2D eigenvalue weighted by atomic mass is 19.4. The third kappa shape index (κ3) is 2.93. The highest BCUT2D eigenvalue weighted by Crippen LogP contribution is 2.46. The number of carbonyl (C=O) groups excluding carboxylic acids is 1. The number of halogens is 3. The van der Waals surface area contributed by atoms with Gasteiger partial charge in [0.05, 0.1) is 17.3 Å². The second-order valence-electron chi connectivity index (χ2n) is 5.97. The number of hydrogen-bond donors (Lipinski definition) is 3. The number of nitrogens with one attached hydrogen (secondary N) is 1. The van der Waals surface area contributed by atoms with Crippen molar-refractivity contribution in [1.29, 1.82) is 0 Å². The molecule has 1 aliphatic carbocycles. The summed E-state index contributed by atoms with van der Waals surface area (Å²) < 4.78 is 31.7. The Morgan fingerprint density at radius 3 is 2.65 bits per heavy atom. The van der Waals surface area contributed by atoms with E-state index in [0.717, 1.165) is 16.8 Å². The largest absolute Gasteiger partial charge is 0.490 e. The SMILES string of the molecule is Nc1cnc2c(c1)CC1(C2)C(=O)Nc2ncccc21.O=C(O)C(F)(F)F. The Kier molecular flexibility index (Phi) is 4.05. The molecule has 2 aromatic heterocycles. The first kappa shape index (κ1) is 17.6. The highest BCUT2D eigenvalue weighted by Gasteiger charge is 2.51.